The van der Waals surface area contributed by atoms with Crippen LogP contribution in [-0.2, 0) is 0 Å². The highest BCUT2D eigenvalue weighted by atomic mass is 35.5. The zero-order valence-electron chi connectivity index (χ0n) is 12.0. The van der Waals surface area contributed by atoms with Gasteiger partial charge in [0.1, 0.15) is 4.88 Å². The van der Waals surface area contributed by atoms with E-state index in [2.05, 4.69) is 5.32 Å². The molecule has 0 radical (unpaired) electrons. The number of hydrogen-bond acceptors (Lipinski definition) is 2. The number of rotatable bonds is 4. The Morgan fingerprint density at radius 3 is 2.55 bits per heavy atom. The molecule has 0 saturated carbocycles. The number of hydrogen-bond donors (Lipinski definition) is 1. The molecule has 3 rings (SSSR count). The molecular weight excluding hydrogens is 316 g/mol. The smallest absolute Gasteiger partial charge is 0.263 e. The minimum Gasteiger partial charge on any atom is -0.352 e. The fourth-order valence-corrected chi connectivity index (χ4v) is 3.44. The van der Waals surface area contributed by atoms with Gasteiger partial charge in [-0.1, -0.05) is 23.7 Å². The minimum atomic E-state index is -0.0450. The largest absolute Gasteiger partial charge is 0.352 e. The van der Waals surface area contributed by atoms with Crippen LogP contribution in [0, 0.1) is 0 Å². The zero-order valence-corrected chi connectivity index (χ0v) is 13.6. The van der Waals surface area contributed by atoms with Crippen molar-refractivity contribution in [3.05, 3.63) is 64.1 Å². The van der Waals surface area contributed by atoms with Gasteiger partial charge in [0.2, 0.25) is 0 Å². The van der Waals surface area contributed by atoms with Gasteiger partial charge in [0.25, 0.3) is 5.91 Å². The molecule has 1 N–H and O–H groups in total. The van der Waals surface area contributed by atoms with Gasteiger partial charge >= 0.3 is 0 Å². The lowest BCUT2D eigenvalue weighted by molar-refractivity contribution is 0.0960. The number of halogens is 1. The number of amides is 1. The summed E-state index contributed by atoms with van der Waals surface area (Å²) < 4.78 is 1.98. The first-order valence-electron chi connectivity index (χ1n) is 6.99. The number of carbonyl (C=O) groups excluding carboxylic acids is 1. The molecule has 112 valence electrons. The van der Waals surface area contributed by atoms with Gasteiger partial charge in [0.05, 0.1) is 5.69 Å². The zero-order chi connectivity index (χ0) is 15.5. The van der Waals surface area contributed by atoms with Gasteiger partial charge < -0.3 is 9.88 Å². The van der Waals surface area contributed by atoms with Crippen molar-refractivity contribution in [2.45, 2.75) is 6.92 Å². The van der Waals surface area contributed by atoms with Crippen molar-refractivity contribution in [3.8, 4) is 16.8 Å². The third-order valence-corrected chi connectivity index (χ3v) is 4.55. The number of carbonyl (C=O) groups is 1. The molecule has 22 heavy (non-hydrogen) atoms. The van der Waals surface area contributed by atoms with Gasteiger partial charge in [0.15, 0.2) is 0 Å². The predicted molar refractivity (Wildman–Crippen MR) is 92.1 cm³/mol. The van der Waals surface area contributed by atoms with E-state index in [-0.39, 0.29) is 5.91 Å². The van der Waals surface area contributed by atoms with Crippen molar-refractivity contribution < 1.29 is 4.79 Å². The second kappa shape index (κ2) is 6.38. The van der Waals surface area contributed by atoms with Crippen molar-refractivity contribution in [1.29, 1.82) is 0 Å². The number of nitrogens with zero attached hydrogens (tertiary/aromatic N) is 1. The second-order valence-electron chi connectivity index (χ2n) is 4.78. The maximum absolute atomic E-state index is 12.3. The van der Waals surface area contributed by atoms with Gasteiger partial charge in [-0.3, -0.25) is 4.79 Å². The fraction of sp³-hybridized carbons (Fsp3) is 0.118. The van der Waals surface area contributed by atoms with E-state index in [1.165, 1.54) is 11.3 Å². The Hall–Kier alpha value is -2.04. The summed E-state index contributed by atoms with van der Waals surface area (Å²) in [6.45, 7) is 2.53. The molecule has 0 bridgehead atoms. The van der Waals surface area contributed by atoms with Crippen LogP contribution in [0.1, 0.15) is 16.6 Å². The molecule has 3 aromatic rings. The summed E-state index contributed by atoms with van der Waals surface area (Å²) in [5.74, 6) is -0.0450. The molecule has 0 aliphatic carbocycles. The van der Waals surface area contributed by atoms with E-state index >= 15 is 0 Å². The molecule has 3 nitrogen and oxygen atoms in total. The lowest BCUT2D eigenvalue weighted by Gasteiger charge is -2.09. The molecule has 1 aromatic carbocycles. The van der Waals surface area contributed by atoms with Crippen LogP contribution in [0.2, 0.25) is 5.02 Å². The Kier molecular flexibility index (Phi) is 4.32. The maximum Gasteiger partial charge on any atom is 0.263 e. The predicted octanol–water partition coefficient (Wildman–Crippen LogP) is 4.61. The SMILES string of the molecule is CCNC(=O)c1scc(-c2ccc(Cl)cc2)c1-n1cccc1. The van der Waals surface area contributed by atoms with Crippen molar-refractivity contribution in [2.24, 2.45) is 0 Å². The van der Waals surface area contributed by atoms with E-state index in [0.29, 0.717) is 16.4 Å². The first-order chi connectivity index (χ1) is 10.7. The van der Waals surface area contributed by atoms with Gasteiger partial charge in [-0.15, -0.1) is 11.3 Å². The minimum absolute atomic E-state index is 0.0450. The monoisotopic (exact) mass is 330 g/mol. The highest BCUT2D eigenvalue weighted by Gasteiger charge is 2.19. The average molecular weight is 331 g/mol. The number of nitrogens with one attached hydrogen (secondary N) is 1. The molecule has 0 fully saturated rings. The summed E-state index contributed by atoms with van der Waals surface area (Å²) >= 11 is 7.42. The van der Waals surface area contributed by atoms with Crippen LogP contribution in [0.5, 0.6) is 0 Å². The first kappa shape index (κ1) is 14.9. The van der Waals surface area contributed by atoms with Crippen LogP contribution in [0.3, 0.4) is 0 Å². The average Bonchev–Trinajstić information content (AvgIpc) is 3.17. The lowest BCUT2D eigenvalue weighted by Crippen LogP contribution is -2.22. The third kappa shape index (κ3) is 2.80. The topological polar surface area (TPSA) is 34.0 Å². The van der Waals surface area contributed by atoms with Crippen LogP contribution in [-0.4, -0.2) is 17.0 Å². The molecule has 1 amide bonds. The van der Waals surface area contributed by atoms with Gasteiger partial charge in [-0.05, 0) is 36.8 Å². The summed E-state index contributed by atoms with van der Waals surface area (Å²) in [5, 5.41) is 5.59. The lowest BCUT2D eigenvalue weighted by atomic mass is 10.1. The molecular formula is C17H15ClN2OS. The Balaban J connectivity index is 2.15. The van der Waals surface area contributed by atoms with E-state index in [1.807, 2.05) is 65.7 Å². The summed E-state index contributed by atoms with van der Waals surface area (Å²) in [6, 6.07) is 11.6. The fourth-order valence-electron chi connectivity index (χ4n) is 2.33. The summed E-state index contributed by atoms with van der Waals surface area (Å²) in [6.07, 6.45) is 3.90. The highest BCUT2D eigenvalue weighted by Crippen LogP contribution is 2.35. The van der Waals surface area contributed by atoms with Crippen LogP contribution in [0.15, 0.2) is 54.2 Å². The van der Waals surface area contributed by atoms with E-state index in [1.54, 1.807) is 0 Å². The van der Waals surface area contributed by atoms with Gasteiger partial charge in [-0.2, -0.15) is 0 Å². The van der Waals surface area contributed by atoms with Crippen LogP contribution in [0.25, 0.3) is 16.8 Å². The molecule has 0 atom stereocenters. The summed E-state index contributed by atoms with van der Waals surface area (Å²) in [7, 11) is 0. The van der Waals surface area contributed by atoms with E-state index in [4.69, 9.17) is 11.6 Å². The standard InChI is InChI=1S/C17H15ClN2OS/c1-2-19-17(21)16-15(20-9-3-4-10-20)14(11-22-16)12-5-7-13(18)8-6-12/h3-11H,2H2,1H3,(H,19,21). The molecule has 0 aliphatic heterocycles. The second-order valence-corrected chi connectivity index (χ2v) is 6.10. The summed E-state index contributed by atoms with van der Waals surface area (Å²) in [5.41, 5.74) is 2.97. The molecule has 0 spiro atoms. The van der Waals surface area contributed by atoms with Crippen molar-refractivity contribution in [2.75, 3.05) is 6.54 Å². The number of thiophene rings is 1. The van der Waals surface area contributed by atoms with Crippen molar-refractivity contribution in [1.82, 2.24) is 9.88 Å². The Morgan fingerprint density at radius 1 is 1.23 bits per heavy atom. The van der Waals surface area contributed by atoms with Gasteiger partial charge in [-0.25, -0.2) is 0 Å². The third-order valence-electron chi connectivity index (χ3n) is 3.33. The van der Waals surface area contributed by atoms with Gasteiger partial charge in [0, 0.05) is 34.9 Å². The normalized spacial score (nSPS) is 10.6. The quantitative estimate of drug-likeness (QED) is 0.744. The van der Waals surface area contributed by atoms with Crippen molar-refractivity contribution in [3.63, 3.8) is 0 Å². The highest BCUT2D eigenvalue weighted by molar-refractivity contribution is 7.13. The van der Waals surface area contributed by atoms with E-state index < -0.39 is 0 Å². The molecule has 5 heteroatoms. The number of aromatic nitrogens is 1. The number of benzene rings is 1. The Morgan fingerprint density at radius 2 is 1.91 bits per heavy atom. The van der Waals surface area contributed by atoms with Crippen LogP contribution in [0.4, 0.5) is 0 Å². The summed E-state index contributed by atoms with van der Waals surface area (Å²) in [4.78, 5) is 13.0. The molecule has 2 aromatic heterocycles. The van der Waals surface area contributed by atoms with E-state index in [9.17, 15) is 4.79 Å². The van der Waals surface area contributed by atoms with E-state index in [0.717, 1.165) is 16.8 Å². The molecule has 2 heterocycles. The van der Waals surface area contributed by atoms with Crippen molar-refractivity contribution >= 4 is 28.8 Å². The molecule has 0 aliphatic rings. The molecule has 0 unspecified atom stereocenters. The Bertz CT molecular complexity index is 776. The first-order valence-corrected chi connectivity index (χ1v) is 8.25. The molecule has 0 saturated heterocycles. The van der Waals surface area contributed by atoms with Crippen LogP contribution < -0.4 is 5.32 Å². The Labute approximate surface area is 138 Å². The van der Waals surface area contributed by atoms with Crippen LogP contribution >= 0.6 is 22.9 Å². The maximum atomic E-state index is 12.3.